The molecule has 0 heterocycles. The van der Waals surface area contributed by atoms with E-state index in [1.54, 1.807) is 13.8 Å². The van der Waals surface area contributed by atoms with Gasteiger partial charge in [0.1, 0.15) is 18.5 Å². The average molecular weight is 215 g/mol. The van der Waals surface area contributed by atoms with E-state index in [0.29, 0.717) is 0 Å². The van der Waals surface area contributed by atoms with E-state index in [1.807, 2.05) is 30.3 Å². The number of rotatable bonds is 4. The molecule has 2 nitrogen and oxygen atoms in total. The molecule has 1 aromatic rings. The first kappa shape index (κ1) is 11.3. The van der Waals surface area contributed by atoms with Crippen LogP contribution in [0.4, 0.5) is 0 Å². The van der Waals surface area contributed by atoms with E-state index in [4.69, 9.17) is 16.3 Å². The molecule has 0 fully saturated rings. The number of alkyl halides is 1. The third-order valence-corrected chi connectivity index (χ3v) is 2.20. The molecule has 1 atom stereocenters. The van der Waals surface area contributed by atoms with E-state index >= 15 is 0 Å². The van der Waals surface area contributed by atoms with E-state index in [-0.39, 0.29) is 6.61 Å². The van der Waals surface area contributed by atoms with Gasteiger partial charge in [0.15, 0.2) is 0 Å². The van der Waals surface area contributed by atoms with Gasteiger partial charge in [-0.2, -0.15) is 0 Å². The smallest absolute Gasteiger partial charge is 0.119 e. The van der Waals surface area contributed by atoms with Crippen LogP contribution in [0.15, 0.2) is 30.3 Å². The van der Waals surface area contributed by atoms with Crippen LogP contribution in [-0.4, -0.2) is 22.7 Å². The molecule has 78 valence electrons. The number of aliphatic hydroxyl groups is 1. The quantitative estimate of drug-likeness (QED) is 0.781. The number of hydrogen-bond donors (Lipinski definition) is 1. The Morgan fingerprint density at radius 1 is 1.36 bits per heavy atom. The number of para-hydroxylation sites is 1. The molecule has 0 bridgehead atoms. The lowest BCUT2D eigenvalue weighted by Crippen LogP contribution is -2.35. The molecule has 0 aliphatic rings. The number of hydrogen-bond acceptors (Lipinski definition) is 2. The van der Waals surface area contributed by atoms with Crippen molar-refractivity contribution in [3.8, 4) is 5.75 Å². The zero-order valence-electron chi connectivity index (χ0n) is 8.40. The van der Waals surface area contributed by atoms with Gasteiger partial charge in [0.05, 0.1) is 4.87 Å². The van der Waals surface area contributed by atoms with Crippen LogP contribution in [0, 0.1) is 0 Å². The van der Waals surface area contributed by atoms with Gasteiger partial charge in [0.2, 0.25) is 0 Å². The summed E-state index contributed by atoms with van der Waals surface area (Å²) in [6.07, 6.45) is -0.677. The normalized spacial score (nSPS) is 13.7. The van der Waals surface area contributed by atoms with Gasteiger partial charge in [0, 0.05) is 0 Å². The predicted molar refractivity (Wildman–Crippen MR) is 57.9 cm³/mol. The summed E-state index contributed by atoms with van der Waals surface area (Å²) in [5, 5.41) is 9.59. The molecule has 1 unspecified atom stereocenters. The lowest BCUT2D eigenvalue weighted by Gasteiger charge is -2.23. The van der Waals surface area contributed by atoms with Crippen LogP contribution in [0.3, 0.4) is 0 Å². The third kappa shape index (κ3) is 3.56. The minimum atomic E-state index is -0.677. The van der Waals surface area contributed by atoms with Crippen LogP contribution in [0.25, 0.3) is 0 Å². The van der Waals surface area contributed by atoms with Crippen molar-refractivity contribution >= 4 is 11.6 Å². The highest BCUT2D eigenvalue weighted by molar-refractivity contribution is 6.23. The SMILES string of the molecule is CC(C)(Cl)C(O)COc1ccccc1. The Morgan fingerprint density at radius 2 is 1.93 bits per heavy atom. The molecule has 1 rings (SSSR count). The molecule has 0 aliphatic heterocycles. The largest absolute Gasteiger partial charge is 0.491 e. The lowest BCUT2D eigenvalue weighted by molar-refractivity contribution is 0.0807. The summed E-state index contributed by atoms with van der Waals surface area (Å²) in [7, 11) is 0. The van der Waals surface area contributed by atoms with Gasteiger partial charge in [-0.25, -0.2) is 0 Å². The van der Waals surface area contributed by atoms with Crippen LogP contribution in [0.1, 0.15) is 13.8 Å². The fraction of sp³-hybridized carbons (Fsp3) is 0.455. The molecule has 0 aromatic heterocycles. The van der Waals surface area contributed by atoms with E-state index < -0.39 is 11.0 Å². The van der Waals surface area contributed by atoms with Gasteiger partial charge in [-0.15, -0.1) is 11.6 Å². The molecule has 0 amide bonds. The highest BCUT2D eigenvalue weighted by atomic mass is 35.5. The van der Waals surface area contributed by atoms with Crippen molar-refractivity contribution in [2.45, 2.75) is 24.8 Å². The molecule has 0 spiro atoms. The van der Waals surface area contributed by atoms with Crippen LogP contribution in [0.5, 0.6) is 5.75 Å². The Kier molecular flexibility index (Phi) is 3.78. The van der Waals surface area contributed by atoms with Crippen molar-refractivity contribution in [3.63, 3.8) is 0 Å². The number of halogens is 1. The van der Waals surface area contributed by atoms with Crippen LogP contribution < -0.4 is 4.74 Å². The van der Waals surface area contributed by atoms with E-state index in [0.717, 1.165) is 5.75 Å². The van der Waals surface area contributed by atoms with Crippen LogP contribution in [-0.2, 0) is 0 Å². The summed E-state index contributed by atoms with van der Waals surface area (Å²) < 4.78 is 5.36. The second-order valence-corrected chi connectivity index (χ2v) is 4.68. The van der Waals surface area contributed by atoms with Gasteiger partial charge in [0.25, 0.3) is 0 Å². The fourth-order valence-corrected chi connectivity index (χ4v) is 0.953. The molecular weight excluding hydrogens is 200 g/mol. The first-order valence-electron chi connectivity index (χ1n) is 4.55. The van der Waals surface area contributed by atoms with Crippen LogP contribution in [0.2, 0.25) is 0 Å². The van der Waals surface area contributed by atoms with Crippen molar-refractivity contribution in [1.82, 2.24) is 0 Å². The van der Waals surface area contributed by atoms with Crippen LogP contribution >= 0.6 is 11.6 Å². The van der Waals surface area contributed by atoms with Gasteiger partial charge in [-0.1, -0.05) is 18.2 Å². The number of benzene rings is 1. The molecule has 0 saturated heterocycles. The molecule has 0 aliphatic carbocycles. The molecule has 3 heteroatoms. The summed E-state index contributed by atoms with van der Waals surface area (Å²) >= 11 is 5.92. The summed E-state index contributed by atoms with van der Waals surface area (Å²) in [4.78, 5) is -0.658. The topological polar surface area (TPSA) is 29.5 Å². The first-order chi connectivity index (χ1) is 6.50. The second kappa shape index (κ2) is 4.67. The molecule has 14 heavy (non-hydrogen) atoms. The fourth-order valence-electron chi connectivity index (χ4n) is 0.890. The first-order valence-corrected chi connectivity index (χ1v) is 4.93. The zero-order valence-corrected chi connectivity index (χ0v) is 9.16. The Bertz CT molecular complexity index is 266. The number of aliphatic hydroxyl groups excluding tert-OH is 1. The standard InChI is InChI=1S/C11H15ClO2/c1-11(2,12)10(13)8-14-9-6-4-3-5-7-9/h3-7,10,13H,8H2,1-2H3. The minimum absolute atomic E-state index is 0.209. The van der Waals surface area contributed by atoms with E-state index in [2.05, 4.69) is 0 Å². The maximum Gasteiger partial charge on any atom is 0.119 e. The van der Waals surface area contributed by atoms with Crippen molar-refractivity contribution in [3.05, 3.63) is 30.3 Å². The maximum atomic E-state index is 9.59. The van der Waals surface area contributed by atoms with Gasteiger partial charge >= 0.3 is 0 Å². The van der Waals surface area contributed by atoms with E-state index in [9.17, 15) is 5.11 Å². The number of ether oxygens (including phenoxy) is 1. The van der Waals surface area contributed by atoms with Crippen molar-refractivity contribution < 1.29 is 9.84 Å². The Hall–Kier alpha value is -0.730. The summed E-state index contributed by atoms with van der Waals surface area (Å²) in [6, 6.07) is 9.36. The lowest BCUT2D eigenvalue weighted by atomic mass is 10.1. The summed E-state index contributed by atoms with van der Waals surface area (Å²) in [5.74, 6) is 0.743. The molecule has 1 aromatic carbocycles. The summed E-state index contributed by atoms with van der Waals surface area (Å²) in [6.45, 7) is 3.72. The Labute approximate surface area is 89.5 Å². The molecule has 0 saturated carbocycles. The summed E-state index contributed by atoms with van der Waals surface area (Å²) in [5.41, 5.74) is 0. The predicted octanol–water partition coefficient (Wildman–Crippen LogP) is 2.44. The Balaban J connectivity index is 2.42. The highest BCUT2D eigenvalue weighted by Gasteiger charge is 2.25. The monoisotopic (exact) mass is 214 g/mol. The average Bonchev–Trinajstić information content (AvgIpc) is 2.14. The van der Waals surface area contributed by atoms with Gasteiger partial charge in [-0.05, 0) is 26.0 Å². The second-order valence-electron chi connectivity index (χ2n) is 3.70. The minimum Gasteiger partial charge on any atom is -0.491 e. The Morgan fingerprint density at radius 3 is 2.43 bits per heavy atom. The molecule has 1 N–H and O–H groups in total. The zero-order chi connectivity index (χ0) is 10.6. The molecular formula is C11H15ClO2. The molecule has 0 radical (unpaired) electrons. The van der Waals surface area contributed by atoms with E-state index in [1.165, 1.54) is 0 Å². The van der Waals surface area contributed by atoms with Gasteiger partial charge < -0.3 is 9.84 Å². The van der Waals surface area contributed by atoms with Crippen molar-refractivity contribution in [2.75, 3.05) is 6.61 Å². The van der Waals surface area contributed by atoms with Gasteiger partial charge in [-0.3, -0.25) is 0 Å². The maximum absolute atomic E-state index is 9.59. The van der Waals surface area contributed by atoms with Crippen molar-refractivity contribution in [1.29, 1.82) is 0 Å². The highest BCUT2D eigenvalue weighted by Crippen LogP contribution is 2.19. The third-order valence-electron chi connectivity index (χ3n) is 1.94. The van der Waals surface area contributed by atoms with Crippen molar-refractivity contribution in [2.24, 2.45) is 0 Å².